The molecular weight excluding hydrogens is 302 g/mol. The number of quaternary nitrogens is 1. The minimum atomic E-state index is -0.246. The van der Waals surface area contributed by atoms with Gasteiger partial charge in [-0.2, -0.15) is 0 Å². The van der Waals surface area contributed by atoms with E-state index >= 15 is 0 Å². The number of rotatable bonds is 4. The number of carbonyl (C=O) groups is 2. The number of nitrogens with one attached hydrogen (secondary N) is 2. The molecule has 2 amide bonds. The van der Waals surface area contributed by atoms with E-state index in [2.05, 4.69) is 17.4 Å². The van der Waals surface area contributed by atoms with E-state index in [0.717, 1.165) is 17.1 Å². The molecule has 0 bridgehead atoms. The summed E-state index contributed by atoms with van der Waals surface area (Å²) in [4.78, 5) is 27.6. The van der Waals surface area contributed by atoms with E-state index in [0.29, 0.717) is 5.69 Å². The van der Waals surface area contributed by atoms with Gasteiger partial charge in [-0.1, -0.05) is 42.5 Å². The van der Waals surface area contributed by atoms with E-state index in [9.17, 15) is 9.59 Å². The number of hydrogen-bond acceptors (Lipinski definition) is 2. The Bertz CT molecular complexity index is 745. The van der Waals surface area contributed by atoms with Gasteiger partial charge in [0.25, 0.3) is 5.91 Å². The molecule has 2 aromatic rings. The van der Waals surface area contributed by atoms with Crippen molar-refractivity contribution in [2.75, 3.05) is 23.8 Å². The van der Waals surface area contributed by atoms with Gasteiger partial charge in [0, 0.05) is 5.56 Å². The Labute approximate surface area is 141 Å². The summed E-state index contributed by atoms with van der Waals surface area (Å²) < 4.78 is 0. The number of benzene rings is 2. The molecule has 2 aromatic carbocycles. The molecule has 0 saturated heterocycles. The molecule has 5 heteroatoms. The van der Waals surface area contributed by atoms with Gasteiger partial charge >= 0.3 is 0 Å². The van der Waals surface area contributed by atoms with Crippen LogP contribution >= 0.6 is 0 Å². The highest BCUT2D eigenvalue weighted by Gasteiger charge is 2.33. The lowest BCUT2D eigenvalue weighted by Crippen LogP contribution is -3.12. The minimum absolute atomic E-state index is 0.0364. The quantitative estimate of drug-likeness (QED) is 0.884. The van der Waals surface area contributed by atoms with Crippen LogP contribution in [-0.4, -0.2) is 31.4 Å². The highest BCUT2D eigenvalue weighted by atomic mass is 16.2. The number of amides is 2. The Morgan fingerprint density at radius 3 is 2.58 bits per heavy atom. The maximum absolute atomic E-state index is 13.0. The number of likely N-dealkylation sites (N-methyl/N-ethyl adjacent to an activating group) is 1. The summed E-state index contributed by atoms with van der Waals surface area (Å²) in [6.45, 7) is 2.74. The van der Waals surface area contributed by atoms with Crippen LogP contribution in [0.4, 0.5) is 11.4 Å². The number of nitrogens with zero attached hydrogens (tertiary/aromatic N) is 1. The minimum Gasteiger partial charge on any atom is -0.324 e. The van der Waals surface area contributed by atoms with Gasteiger partial charge in [0.05, 0.1) is 18.4 Å². The molecule has 124 valence electrons. The predicted octanol–water partition coefficient (Wildman–Crippen LogP) is 1.08. The molecule has 0 fully saturated rings. The first-order valence-corrected chi connectivity index (χ1v) is 8.13. The van der Waals surface area contributed by atoms with E-state index in [1.165, 1.54) is 5.56 Å². The standard InChI is InChI=1S/C19H21N3O2/c1-14(21(2)12-15-8-4-3-5-9-15)19(24)22-13-18(23)20-16-10-6-7-11-17(16)22/h3-11,14H,12-13H2,1-2H3,(H,20,23)/p+1/t14-/m0/s1. The van der Waals surface area contributed by atoms with Crippen LogP contribution in [0.5, 0.6) is 0 Å². The van der Waals surface area contributed by atoms with E-state index in [4.69, 9.17) is 0 Å². The maximum atomic E-state index is 13.0. The third kappa shape index (κ3) is 3.31. The summed E-state index contributed by atoms with van der Waals surface area (Å²) in [7, 11) is 2.01. The van der Waals surface area contributed by atoms with Gasteiger partial charge in [0.1, 0.15) is 13.1 Å². The fourth-order valence-corrected chi connectivity index (χ4v) is 2.95. The average molecular weight is 324 g/mol. The number of anilines is 2. The second-order valence-electron chi connectivity index (χ2n) is 6.22. The van der Waals surface area contributed by atoms with Gasteiger partial charge in [-0.3, -0.25) is 14.5 Å². The zero-order chi connectivity index (χ0) is 17.1. The Kier molecular flexibility index (Phi) is 4.62. The van der Waals surface area contributed by atoms with Gasteiger partial charge in [-0.05, 0) is 19.1 Å². The van der Waals surface area contributed by atoms with Crippen LogP contribution in [0.2, 0.25) is 0 Å². The summed E-state index contributed by atoms with van der Waals surface area (Å²) >= 11 is 0. The normalized spacial score (nSPS) is 16.1. The molecule has 1 aliphatic heterocycles. The van der Waals surface area contributed by atoms with Crippen molar-refractivity contribution in [1.82, 2.24) is 0 Å². The second kappa shape index (κ2) is 6.84. The molecule has 24 heavy (non-hydrogen) atoms. The van der Waals surface area contributed by atoms with Crippen molar-refractivity contribution in [1.29, 1.82) is 0 Å². The molecule has 0 radical (unpaired) electrons. The lowest BCUT2D eigenvalue weighted by molar-refractivity contribution is -0.908. The van der Waals surface area contributed by atoms with Crippen LogP contribution in [0.25, 0.3) is 0 Å². The largest absolute Gasteiger partial charge is 0.324 e. The molecule has 0 spiro atoms. The lowest BCUT2D eigenvalue weighted by atomic mass is 10.1. The SMILES string of the molecule is C[C@@H](C(=O)N1CC(=O)Nc2ccccc21)[NH+](C)Cc1ccccc1. The molecule has 2 N–H and O–H groups in total. The second-order valence-corrected chi connectivity index (χ2v) is 6.22. The fraction of sp³-hybridized carbons (Fsp3) is 0.263. The average Bonchev–Trinajstić information content (AvgIpc) is 2.60. The number of hydrogen-bond donors (Lipinski definition) is 2. The summed E-state index contributed by atoms with van der Waals surface area (Å²) in [5.74, 6) is -0.194. The topological polar surface area (TPSA) is 53.9 Å². The Morgan fingerprint density at radius 1 is 1.17 bits per heavy atom. The first kappa shape index (κ1) is 16.2. The van der Waals surface area contributed by atoms with E-state index in [1.54, 1.807) is 4.90 Å². The van der Waals surface area contributed by atoms with E-state index in [-0.39, 0.29) is 24.4 Å². The molecule has 0 aromatic heterocycles. The van der Waals surface area contributed by atoms with Crippen LogP contribution in [0.3, 0.4) is 0 Å². The smallest absolute Gasteiger partial charge is 0.285 e. The third-order valence-corrected chi connectivity index (χ3v) is 4.47. The molecule has 0 saturated carbocycles. The van der Waals surface area contributed by atoms with Crippen molar-refractivity contribution in [2.24, 2.45) is 0 Å². The molecule has 0 aliphatic carbocycles. The van der Waals surface area contributed by atoms with Crippen molar-refractivity contribution < 1.29 is 14.5 Å². The van der Waals surface area contributed by atoms with Crippen molar-refractivity contribution in [3.8, 4) is 0 Å². The number of para-hydroxylation sites is 2. The summed E-state index contributed by atoms with van der Waals surface area (Å²) in [6.07, 6.45) is 0. The first-order chi connectivity index (χ1) is 11.6. The van der Waals surface area contributed by atoms with E-state index in [1.807, 2.05) is 56.4 Å². The fourth-order valence-electron chi connectivity index (χ4n) is 2.95. The molecule has 1 unspecified atom stereocenters. The highest BCUT2D eigenvalue weighted by Crippen LogP contribution is 2.29. The van der Waals surface area contributed by atoms with Crippen molar-refractivity contribution in [3.63, 3.8) is 0 Å². The number of fused-ring (bicyclic) bond motifs is 1. The lowest BCUT2D eigenvalue weighted by Gasteiger charge is -2.32. The van der Waals surface area contributed by atoms with Gasteiger partial charge in [-0.25, -0.2) is 0 Å². The van der Waals surface area contributed by atoms with Crippen LogP contribution in [-0.2, 0) is 16.1 Å². The summed E-state index contributed by atoms with van der Waals surface area (Å²) in [6, 6.07) is 17.3. The Hall–Kier alpha value is -2.66. The van der Waals surface area contributed by atoms with Gasteiger partial charge in [0.2, 0.25) is 5.91 Å². The molecule has 1 heterocycles. The van der Waals surface area contributed by atoms with Gasteiger partial charge in [0.15, 0.2) is 6.04 Å². The van der Waals surface area contributed by atoms with Crippen LogP contribution in [0, 0.1) is 0 Å². The highest BCUT2D eigenvalue weighted by molar-refractivity contribution is 6.10. The van der Waals surface area contributed by atoms with Crippen molar-refractivity contribution in [2.45, 2.75) is 19.5 Å². The van der Waals surface area contributed by atoms with Crippen molar-refractivity contribution >= 4 is 23.2 Å². The van der Waals surface area contributed by atoms with Crippen LogP contribution in [0.15, 0.2) is 54.6 Å². The zero-order valence-corrected chi connectivity index (χ0v) is 14.0. The molecule has 3 rings (SSSR count). The Morgan fingerprint density at radius 2 is 1.83 bits per heavy atom. The number of carbonyl (C=O) groups excluding carboxylic acids is 2. The monoisotopic (exact) mass is 324 g/mol. The van der Waals surface area contributed by atoms with Gasteiger partial charge in [-0.15, -0.1) is 0 Å². The summed E-state index contributed by atoms with van der Waals surface area (Å²) in [5, 5.41) is 2.81. The molecule has 2 atom stereocenters. The molecule has 1 aliphatic rings. The zero-order valence-electron chi connectivity index (χ0n) is 14.0. The van der Waals surface area contributed by atoms with E-state index < -0.39 is 0 Å². The summed E-state index contributed by atoms with van der Waals surface area (Å²) in [5.41, 5.74) is 2.64. The molecular formula is C19H22N3O2+. The van der Waals surface area contributed by atoms with Crippen molar-refractivity contribution in [3.05, 3.63) is 60.2 Å². The Balaban J connectivity index is 1.77. The van der Waals surface area contributed by atoms with Crippen LogP contribution < -0.4 is 15.1 Å². The van der Waals surface area contributed by atoms with Crippen LogP contribution in [0.1, 0.15) is 12.5 Å². The predicted molar refractivity (Wildman–Crippen MR) is 93.9 cm³/mol. The maximum Gasteiger partial charge on any atom is 0.285 e. The third-order valence-electron chi connectivity index (χ3n) is 4.47. The first-order valence-electron chi connectivity index (χ1n) is 8.13. The van der Waals surface area contributed by atoms with Gasteiger partial charge < -0.3 is 10.2 Å². The molecule has 5 nitrogen and oxygen atoms in total.